The van der Waals surface area contributed by atoms with Crippen LogP contribution in [-0.4, -0.2) is 41.6 Å². The molecule has 0 spiro atoms. The molecule has 0 radical (unpaired) electrons. The van der Waals surface area contributed by atoms with E-state index in [0.717, 1.165) is 30.6 Å². The maximum absolute atomic E-state index is 12.0. The minimum Gasteiger partial charge on any atom is -0.354 e. The quantitative estimate of drug-likeness (QED) is 0.416. The van der Waals surface area contributed by atoms with Crippen LogP contribution in [0.25, 0.3) is 0 Å². The Kier molecular flexibility index (Phi) is 6.20. The lowest BCUT2D eigenvalue weighted by molar-refractivity contribution is -0.121. The van der Waals surface area contributed by atoms with E-state index in [9.17, 15) is 9.59 Å². The van der Waals surface area contributed by atoms with Crippen molar-refractivity contribution in [1.29, 1.82) is 0 Å². The molecule has 2 aliphatic rings. The summed E-state index contributed by atoms with van der Waals surface area (Å²) in [7, 11) is 0. The van der Waals surface area contributed by atoms with Crippen LogP contribution in [0.4, 0.5) is 4.79 Å². The maximum atomic E-state index is 12.0. The van der Waals surface area contributed by atoms with Gasteiger partial charge in [-0.05, 0) is 18.4 Å². The molecule has 136 valence electrons. The number of amides is 3. The molecule has 0 saturated carbocycles. The lowest BCUT2D eigenvalue weighted by Crippen LogP contribution is -2.36. The fourth-order valence-corrected chi connectivity index (χ4v) is 4.95. The minimum atomic E-state index is -0.171. The van der Waals surface area contributed by atoms with Crippen molar-refractivity contribution in [3.63, 3.8) is 0 Å². The van der Waals surface area contributed by atoms with E-state index >= 15 is 0 Å². The second kappa shape index (κ2) is 8.58. The van der Waals surface area contributed by atoms with Crippen molar-refractivity contribution in [3.8, 4) is 0 Å². The Balaban J connectivity index is 1.29. The molecule has 25 heavy (non-hydrogen) atoms. The number of hydrogen-bond acceptors (Lipinski definition) is 4. The topological polar surface area (TPSA) is 96.2 Å². The monoisotopic (exact) mass is 362 g/mol. The second-order valence-corrected chi connectivity index (χ2v) is 7.96. The molecule has 0 aromatic heterocycles. The van der Waals surface area contributed by atoms with Gasteiger partial charge in [0.2, 0.25) is 5.91 Å². The van der Waals surface area contributed by atoms with Gasteiger partial charge in [-0.3, -0.25) is 4.79 Å². The van der Waals surface area contributed by atoms with Crippen LogP contribution in [0, 0.1) is 0 Å². The van der Waals surface area contributed by atoms with Gasteiger partial charge in [-0.15, -0.1) is 0 Å². The normalized spacial score (nSPS) is 25.8. The molecule has 0 bridgehead atoms. The molecule has 1 unspecified atom stereocenters. The van der Waals surface area contributed by atoms with E-state index in [4.69, 9.17) is 5.73 Å². The number of unbranched alkanes of at least 4 members (excludes halogenated alkanes) is 1. The first-order valence-corrected chi connectivity index (χ1v) is 9.94. The fraction of sp³-hybridized carbons (Fsp3) is 0.556. The van der Waals surface area contributed by atoms with Gasteiger partial charge in [0.1, 0.15) is 0 Å². The number of nitrogens with two attached hydrogens (primary N) is 1. The van der Waals surface area contributed by atoms with Crippen molar-refractivity contribution >= 4 is 23.7 Å². The molecule has 2 fully saturated rings. The standard InChI is InChI=1S/C18H26N4O2S/c19-13(12-6-2-1-3-7-12)10-20-16(23)9-5-4-8-15-17-14(11-25-15)21-18(24)22-17/h1-3,6-7,13-15,17H,4-5,8-11,19H2,(H,20,23)(H2,21,22,24)/t13?,14-,15-,17-/m0/s1. The Morgan fingerprint density at radius 3 is 2.88 bits per heavy atom. The molecular formula is C18H26N4O2S. The molecule has 4 atom stereocenters. The molecular weight excluding hydrogens is 336 g/mol. The summed E-state index contributed by atoms with van der Waals surface area (Å²) < 4.78 is 0. The van der Waals surface area contributed by atoms with E-state index in [0.29, 0.717) is 18.2 Å². The van der Waals surface area contributed by atoms with Crippen molar-refractivity contribution in [2.75, 3.05) is 12.3 Å². The largest absolute Gasteiger partial charge is 0.354 e. The summed E-state index contributed by atoms with van der Waals surface area (Å²) in [5.41, 5.74) is 7.11. The molecule has 5 N–H and O–H groups in total. The Morgan fingerprint density at radius 2 is 2.08 bits per heavy atom. The molecule has 3 rings (SSSR count). The average molecular weight is 362 g/mol. The van der Waals surface area contributed by atoms with Crippen molar-refractivity contribution in [1.82, 2.24) is 16.0 Å². The van der Waals surface area contributed by atoms with Crippen molar-refractivity contribution in [2.24, 2.45) is 5.73 Å². The molecule has 1 aromatic carbocycles. The van der Waals surface area contributed by atoms with Gasteiger partial charge in [0.25, 0.3) is 0 Å². The van der Waals surface area contributed by atoms with Gasteiger partial charge in [-0.2, -0.15) is 11.8 Å². The smallest absolute Gasteiger partial charge is 0.315 e. The van der Waals surface area contributed by atoms with Gasteiger partial charge in [-0.25, -0.2) is 4.79 Å². The predicted molar refractivity (Wildman–Crippen MR) is 100 cm³/mol. The first-order chi connectivity index (χ1) is 12.1. The molecule has 2 heterocycles. The second-order valence-electron chi connectivity index (χ2n) is 6.69. The first kappa shape index (κ1) is 18.1. The minimum absolute atomic E-state index is 0.0468. The maximum Gasteiger partial charge on any atom is 0.315 e. The van der Waals surface area contributed by atoms with Crippen LogP contribution < -0.4 is 21.7 Å². The van der Waals surface area contributed by atoms with Crippen LogP contribution in [0.2, 0.25) is 0 Å². The van der Waals surface area contributed by atoms with Crippen molar-refractivity contribution < 1.29 is 9.59 Å². The molecule has 2 saturated heterocycles. The summed E-state index contributed by atoms with van der Waals surface area (Å²) in [5, 5.41) is 9.32. The van der Waals surface area contributed by atoms with Crippen LogP contribution in [-0.2, 0) is 4.79 Å². The predicted octanol–water partition coefficient (Wildman–Crippen LogP) is 1.53. The number of fused-ring (bicyclic) bond motifs is 1. The Bertz CT molecular complexity index is 598. The van der Waals surface area contributed by atoms with Crippen LogP contribution in [0.15, 0.2) is 30.3 Å². The first-order valence-electron chi connectivity index (χ1n) is 8.89. The zero-order chi connectivity index (χ0) is 17.6. The third-order valence-electron chi connectivity index (χ3n) is 4.83. The third kappa shape index (κ3) is 4.89. The molecule has 7 heteroatoms. The van der Waals surface area contributed by atoms with Gasteiger partial charge in [0.15, 0.2) is 0 Å². The number of benzene rings is 1. The van der Waals surface area contributed by atoms with Crippen LogP contribution in [0.1, 0.15) is 37.3 Å². The summed E-state index contributed by atoms with van der Waals surface area (Å²) >= 11 is 1.91. The van der Waals surface area contributed by atoms with Gasteiger partial charge in [0.05, 0.1) is 12.1 Å². The lowest BCUT2D eigenvalue weighted by atomic mass is 10.0. The number of hydrogen-bond donors (Lipinski definition) is 4. The molecule has 2 aliphatic heterocycles. The number of thioether (sulfide) groups is 1. The summed E-state index contributed by atoms with van der Waals surface area (Å²) in [5.74, 6) is 1.03. The molecule has 0 aliphatic carbocycles. The summed E-state index contributed by atoms with van der Waals surface area (Å²) in [6.45, 7) is 0.461. The SMILES string of the molecule is NC(CNC(=O)CCCC[C@@H]1SC[C@@H]2NC(=O)N[C@@H]21)c1ccccc1. The Hall–Kier alpha value is -1.73. The summed E-state index contributed by atoms with van der Waals surface area (Å²) in [4.78, 5) is 23.3. The van der Waals surface area contributed by atoms with Crippen LogP contribution >= 0.6 is 11.8 Å². The zero-order valence-corrected chi connectivity index (χ0v) is 15.1. The summed E-state index contributed by atoms with van der Waals surface area (Å²) in [6.07, 6.45) is 3.42. The van der Waals surface area contributed by atoms with Crippen molar-refractivity contribution in [2.45, 2.75) is 49.1 Å². The highest BCUT2D eigenvalue weighted by molar-refractivity contribution is 8.00. The van der Waals surface area contributed by atoms with E-state index in [2.05, 4.69) is 16.0 Å². The number of nitrogens with one attached hydrogen (secondary N) is 3. The van der Waals surface area contributed by atoms with Crippen molar-refractivity contribution in [3.05, 3.63) is 35.9 Å². The number of urea groups is 1. The van der Waals surface area contributed by atoms with Crippen LogP contribution in [0.5, 0.6) is 0 Å². The van der Waals surface area contributed by atoms with E-state index < -0.39 is 0 Å². The van der Waals surface area contributed by atoms with E-state index in [-0.39, 0.29) is 30.1 Å². The highest BCUT2D eigenvalue weighted by Gasteiger charge is 2.42. The van der Waals surface area contributed by atoms with Gasteiger partial charge >= 0.3 is 6.03 Å². The highest BCUT2D eigenvalue weighted by atomic mass is 32.2. The fourth-order valence-electron chi connectivity index (χ4n) is 3.40. The van der Waals surface area contributed by atoms with Gasteiger partial charge in [-0.1, -0.05) is 36.8 Å². The summed E-state index contributed by atoms with van der Waals surface area (Å²) in [6, 6.07) is 10.1. The zero-order valence-electron chi connectivity index (χ0n) is 14.2. The third-order valence-corrected chi connectivity index (χ3v) is 6.34. The average Bonchev–Trinajstić information content (AvgIpc) is 3.17. The van der Waals surface area contributed by atoms with E-state index in [1.165, 1.54) is 0 Å². The molecule has 1 aromatic rings. The van der Waals surface area contributed by atoms with Crippen LogP contribution in [0.3, 0.4) is 0 Å². The molecule has 6 nitrogen and oxygen atoms in total. The molecule has 3 amide bonds. The number of carbonyl (C=O) groups excluding carboxylic acids is 2. The van der Waals surface area contributed by atoms with E-state index in [1.54, 1.807) is 0 Å². The number of carbonyl (C=O) groups is 2. The Labute approximate surface area is 152 Å². The van der Waals surface area contributed by atoms with Gasteiger partial charge < -0.3 is 21.7 Å². The van der Waals surface area contributed by atoms with Gasteiger partial charge in [0, 0.05) is 30.0 Å². The number of rotatable bonds is 8. The van der Waals surface area contributed by atoms with E-state index in [1.807, 2.05) is 42.1 Å². The Morgan fingerprint density at radius 1 is 1.28 bits per heavy atom. The lowest BCUT2D eigenvalue weighted by Gasteiger charge is -2.16. The highest BCUT2D eigenvalue weighted by Crippen LogP contribution is 2.33.